The summed E-state index contributed by atoms with van der Waals surface area (Å²) in [6.45, 7) is 5.84. The lowest BCUT2D eigenvalue weighted by Gasteiger charge is -2.32. The molecule has 1 N–H and O–H groups in total. The van der Waals surface area contributed by atoms with Crippen LogP contribution in [0.3, 0.4) is 0 Å². The Kier molecular flexibility index (Phi) is 15.1. The fourth-order valence-corrected chi connectivity index (χ4v) is 11.0. The standard InChI is InChI=1S/C47H55ClN6O9S2/c1-30(64-65-41-15-8-9-17-49-41)29-62-47(59)54-36-25-40(39(60-3)24-34(36)44(56)52-18-11-14-35(52)45(54)57)61-23-10-4-5-16-42(55)53-28-31(27-48)43-33-13-7-6-12-32(33)38(26-37(43)53)63-46(58)51-21-19-50(2)20-22-51/h6-9,12-13,15,17,24-26,30-31,35,45,57H,4-5,10-11,14,16,18-23,27-29H2,1-3H3/t30?,31?,35-,45?/m0/s1. The van der Waals surface area contributed by atoms with Gasteiger partial charge < -0.3 is 43.7 Å². The van der Waals surface area contributed by atoms with Crippen molar-refractivity contribution >= 4 is 79.3 Å². The Hall–Kier alpha value is -4.94. The highest BCUT2D eigenvalue weighted by Gasteiger charge is 2.45. The molecule has 346 valence electrons. The maximum Gasteiger partial charge on any atom is 0.416 e. The van der Waals surface area contributed by atoms with Gasteiger partial charge in [0.15, 0.2) is 17.7 Å². The number of piperazine rings is 1. The number of methoxy groups -OCH3 is 1. The van der Waals surface area contributed by atoms with E-state index in [1.165, 1.54) is 33.6 Å². The molecule has 0 spiro atoms. The van der Waals surface area contributed by atoms with Crippen molar-refractivity contribution in [1.82, 2.24) is 19.7 Å². The second kappa shape index (κ2) is 21.1. The van der Waals surface area contributed by atoms with E-state index < -0.39 is 24.5 Å². The number of carbonyl (C=O) groups excluding carboxylic acids is 4. The predicted octanol–water partition coefficient (Wildman–Crippen LogP) is 8.01. The summed E-state index contributed by atoms with van der Waals surface area (Å²) >= 11 is 6.52. The number of rotatable bonds is 15. The monoisotopic (exact) mass is 946 g/mol. The second-order valence-electron chi connectivity index (χ2n) is 16.8. The van der Waals surface area contributed by atoms with E-state index in [0.717, 1.165) is 34.5 Å². The Morgan fingerprint density at radius 1 is 0.923 bits per heavy atom. The second-order valence-corrected chi connectivity index (χ2v) is 19.7. The molecule has 1 aromatic heterocycles. The molecule has 18 heteroatoms. The molecular formula is C47H55ClN6O9S2. The van der Waals surface area contributed by atoms with Crippen LogP contribution >= 0.6 is 33.2 Å². The first-order valence-corrected chi connectivity index (χ1v) is 24.9. The molecule has 3 unspecified atom stereocenters. The number of anilines is 2. The van der Waals surface area contributed by atoms with E-state index in [2.05, 4.69) is 9.88 Å². The van der Waals surface area contributed by atoms with Gasteiger partial charge in [-0.2, -0.15) is 0 Å². The molecule has 15 nitrogen and oxygen atoms in total. The van der Waals surface area contributed by atoms with Crippen molar-refractivity contribution < 1.29 is 43.2 Å². The maximum atomic E-state index is 13.9. The highest BCUT2D eigenvalue weighted by molar-refractivity contribution is 8.76. The lowest BCUT2D eigenvalue weighted by Crippen LogP contribution is -2.51. The minimum atomic E-state index is -1.34. The lowest BCUT2D eigenvalue weighted by molar-refractivity contribution is -0.118. The van der Waals surface area contributed by atoms with Crippen molar-refractivity contribution in [2.24, 2.45) is 0 Å². The number of benzene rings is 3. The average molecular weight is 948 g/mol. The Morgan fingerprint density at radius 2 is 1.69 bits per heavy atom. The molecule has 4 aliphatic rings. The number of hydrogen-bond donors (Lipinski definition) is 1. The molecule has 2 saturated heterocycles. The summed E-state index contributed by atoms with van der Waals surface area (Å²) < 4.78 is 23.7. The highest BCUT2D eigenvalue weighted by atomic mass is 35.5. The number of aromatic nitrogens is 1. The maximum absolute atomic E-state index is 13.9. The summed E-state index contributed by atoms with van der Waals surface area (Å²) in [5.41, 5.74) is 2.08. The SMILES string of the molecule is COc1cc2c(cc1OCCCCCC(=O)N1CC(CCl)c3c1cc(OC(=O)N1CCN(C)CC1)c1ccccc31)N(C(=O)OCC(C)SSc1ccccn1)C(O)[C@@H]1CCCN1C2=O. The molecule has 5 heterocycles. The molecule has 0 saturated carbocycles. The molecule has 0 bridgehead atoms. The number of pyridine rings is 1. The molecule has 65 heavy (non-hydrogen) atoms. The molecule has 4 amide bonds. The van der Waals surface area contributed by atoms with Gasteiger partial charge in [0.1, 0.15) is 17.4 Å². The van der Waals surface area contributed by atoms with Crippen molar-refractivity contribution in [3.63, 3.8) is 0 Å². The number of aliphatic hydroxyl groups is 1. The third kappa shape index (κ3) is 10.2. The average Bonchev–Trinajstić information content (AvgIpc) is 3.96. The number of likely N-dealkylation sites (N-methyl/N-ethyl adjacent to an activating group) is 1. The number of aliphatic hydroxyl groups excluding tert-OH is 1. The molecular weight excluding hydrogens is 892 g/mol. The molecule has 0 radical (unpaired) electrons. The minimum Gasteiger partial charge on any atom is -0.493 e. The van der Waals surface area contributed by atoms with E-state index in [1.807, 2.05) is 62.5 Å². The fourth-order valence-electron chi connectivity index (χ4n) is 8.92. The van der Waals surface area contributed by atoms with Crippen LogP contribution in [0.1, 0.15) is 67.3 Å². The van der Waals surface area contributed by atoms with Gasteiger partial charge in [-0.25, -0.2) is 19.5 Å². The van der Waals surface area contributed by atoms with Gasteiger partial charge >= 0.3 is 12.2 Å². The van der Waals surface area contributed by atoms with Crippen molar-refractivity contribution in [1.29, 1.82) is 0 Å². The number of amides is 4. The molecule has 4 atom stereocenters. The highest BCUT2D eigenvalue weighted by Crippen LogP contribution is 2.46. The normalized spacial score (nSPS) is 20.0. The zero-order valence-electron chi connectivity index (χ0n) is 36.9. The van der Waals surface area contributed by atoms with Gasteiger partial charge in [0, 0.05) is 86.5 Å². The Balaban J connectivity index is 0.908. The quantitative estimate of drug-likeness (QED) is 0.0696. The van der Waals surface area contributed by atoms with Crippen LogP contribution in [0, 0.1) is 0 Å². The van der Waals surface area contributed by atoms with Crippen LogP contribution in [0.4, 0.5) is 21.0 Å². The van der Waals surface area contributed by atoms with Gasteiger partial charge in [-0.1, -0.05) is 41.1 Å². The minimum absolute atomic E-state index is 0.0468. The van der Waals surface area contributed by atoms with Crippen LogP contribution in [0.15, 0.2) is 71.9 Å². The third-order valence-electron chi connectivity index (χ3n) is 12.4. The number of nitrogens with zero attached hydrogens (tertiary/aromatic N) is 6. The Morgan fingerprint density at radius 3 is 2.45 bits per heavy atom. The summed E-state index contributed by atoms with van der Waals surface area (Å²) in [5, 5.41) is 14.2. The van der Waals surface area contributed by atoms with Crippen molar-refractivity contribution in [2.45, 2.75) is 73.9 Å². The zero-order chi connectivity index (χ0) is 45.6. The zero-order valence-corrected chi connectivity index (χ0v) is 39.2. The van der Waals surface area contributed by atoms with Gasteiger partial charge in [0.05, 0.1) is 36.7 Å². The summed E-state index contributed by atoms with van der Waals surface area (Å²) in [7, 11) is 6.51. The van der Waals surface area contributed by atoms with E-state index in [1.54, 1.807) is 33.0 Å². The van der Waals surface area contributed by atoms with Gasteiger partial charge in [-0.15, -0.1) is 11.6 Å². The molecule has 0 aliphatic carbocycles. The lowest BCUT2D eigenvalue weighted by atomic mass is 9.95. The predicted molar refractivity (Wildman–Crippen MR) is 253 cm³/mol. The van der Waals surface area contributed by atoms with E-state index in [4.69, 9.17) is 30.5 Å². The van der Waals surface area contributed by atoms with Crippen LogP contribution < -0.4 is 24.0 Å². The van der Waals surface area contributed by atoms with E-state index in [0.29, 0.717) is 87.1 Å². The first kappa shape index (κ1) is 46.6. The summed E-state index contributed by atoms with van der Waals surface area (Å²) in [5.74, 6) is 0.928. The van der Waals surface area contributed by atoms with Crippen LogP contribution in [0.2, 0.25) is 0 Å². The number of hydrogen-bond acceptors (Lipinski definition) is 13. The first-order valence-electron chi connectivity index (χ1n) is 22.2. The topological polar surface area (TPSA) is 155 Å². The number of halogens is 1. The Bertz CT molecular complexity index is 2370. The van der Waals surface area contributed by atoms with Crippen molar-refractivity contribution in [2.75, 3.05) is 82.3 Å². The van der Waals surface area contributed by atoms with E-state index in [9.17, 15) is 24.3 Å². The molecule has 2 fully saturated rings. The van der Waals surface area contributed by atoms with Crippen LogP contribution in [-0.2, 0) is 9.53 Å². The number of carbonyl (C=O) groups is 4. The van der Waals surface area contributed by atoms with Crippen molar-refractivity contribution in [3.05, 3.63) is 78.0 Å². The fraction of sp³-hybridized carbons (Fsp3) is 0.468. The van der Waals surface area contributed by atoms with Crippen LogP contribution in [0.5, 0.6) is 17.2 Å². The molecule has 3 aromatic carbocycles. The number of fused-ring (bicyclic) bond motifs is 5. The summed E-state index contributed by atoms with van der Waals surface area (Å²) in [6.07, 6.45) is 2.57. The number of unbranched alkanes of at least 4 members (excludes halogenated alkanes) is 2. The summed E-state index contributed by atoms with van der Waals surface area (Å²) in [4.78, 5) is 67.8. The van der Waals surface area contributed by atoms with Crippen LogP contribution in [-0.4, -0.2) is 139 Å². The van der Waals surface area contributed by atoms with E-state index in [-0.39, 0.29) is 53.9 Å². The van der Waals surface area contributed by atoms with Crippen LogP contribution in [0.25, 0.3) is 10.8 Å². The van der Waals surface area contributed by atoms with E-state index >= 15 is 0 Å². The molecule has 4 aromatic rings. The Labute approximate surface area is 392 Å². The van der Waals surface area contributed by atoms with Gasteiger partial charge in [0.25, 0.3) is 5.91 Å². The van der Waals surface area contributed by atoms with Crippen molar-refractivity contribution in [3.8, 4) is 17.2 Å². The summed E-state index contributed by atoms with van der Waals surface area (Å²) in [6, 6.07) is 17.8. The number of alkyl halides is 1. The largest absolute Gasteiger partial charge is 0.493 e. The first-order chi connectivity index (χ1) is 31.6. The van der Waals surface area contributed by atoms with Gasteiger partial charge in [-0.05, 0) is 86.0 Å². The van der Waals surface area contributed by atoms with Gasteiger partial charge in [-0.3, -0.25) is 9.59 Å². The molecule has 4 aliphatic heterocycles. The smallest absolute Gasteiger partial charge is 0.416 e. The third-order valence-corrected chi connectivity index (χ3v) is 15.5. The number of ether oxygens (including phenoxy) is 4. The van der Waals surface area contributed by atoms with Gasteiger partial charge in [0.2, 0.25) is 5.91 Å². The molecule has 8 rings (SSSR count).